The zero-order chi connectivity index (χ0) is 15.0. The zero-order valence-electron chi connectivity index (χ0n) is 10.9. The van der Waals surface area contributed by atoms with Crippen LogP contribution in [0.3, 0.4) is 0 Å². The third kappa shape index (κ3) is 2.58. The van der Waals surface area contributed by atoms with Crippen LogP contribution in [0.25, 0.3) is 22.2 Å². The minimum absolute atomic E-state index is 0.149. The molecule has 0 radical (unpaired) electrons. The van der Waals surface area contributed by atoms with E-state index in [0.29, 0.717) is 22.3 Å². The normalized spacial score (nSPS) is 11.7. The molecule has 21 heavy (non-hydrogen) atoms. The molecule has 6 heteroatoms. The van der Waals surface area contributed by atoms with Gasteiger partial charge in [-0.05, 0) is 30.3 Å². The summed E-state index contributed by atoms with van der Waals surface area (Å²) in [6.45, 7) is 0. The number of hydrogen-bond acceptors (Lipinski definition) is 4. The first-order valence-corrected chi connectivity index (χ1v) is 7.62. The van der Waals surface area contributed by atoms with E-state index >= 15 is 0 Å². The summed E-state index contributed by atoms with van der Waals surface area (Å²) in [6, 6.07) is 15.2. The Morgan fingerprint density at radius 3 is 2.48 bits per heavy atom. The second kappa shape index (κ2) is 4.83. The molecule has 5 nitrogen and oxygen atoms in total. The van der Waals surface area contributed by atoms with Gasteiger partial charge in [-0.1, -0.05) is 24.3 Å². The fourth-order valence-electron chi connectivity index (χ4n) is 2.14. The van der Waals surface area contributed by atoms with Gasteiger partial charge >= 0.3 is 0 Å². The van der Waals surface area contributed by atoms with Crippen molar-refractivity contribution in [3.63, 3.8) is 0 Å². The topological polar surface area (TPSA) is 93.3 Å². The van der Waals surface area contributed by atoms with Crippen molar-refractivity contribution in [2.45, 2.75) is 4.90 Å². The first-order valence-electron chi connectivity index (χ1n) is 6.18. The van der Waals surface area contributed by atoms with Gasteiger partial charge in [-0.2, -0.15) is 8.42 Å². The lowest BCUT2D eigenvalue weighted by molar-refractivity contribution is 0.483. The summed E-state index contributed by atoms with van der Waals surface area (Å²) in [7, 11) is -4.21. The van der Waals surface area contributed by atoms with Gasteiger partial charge in [-0.15, -0.1) is 0 Å². The van der Waals surface area contributed by atoms with Crippen LogP contribution in [0.15, 0.2) is 59.5 Å². The lowest BCUT2D eigenvalue weighted by Gasteiger charge is -2.06. The number of anilines is 1. The van der Waals surface area contributed by atoms with Gasteiger partial charge < -0.3 is 5.73 Å². The number of benzene rings is 2. The van der Waals surface area contributed by atoms with Crippen LogP contribution < -0.4 is 5.73 Å². The molecule has 0 spiro atoms. The molecule has 2 aromatic carbocycles. The number of pyridine rings is 1. The van der Waals surface area contributed by atoms with Crippen LogP contribution in [-0.4, -0.2) is 18.0 Å². The highest BCUT2D eigenvalue weighted by Crippen LogP contribution is 2.26. The summed E-state index contributed by atoms with van der Waals surface area (Å²) >= 11 is 0. The van der Waals surface area contributed by atoms with Crippen molar-refractivity contribution in [1.29, 1.82) is 0 Å². The van der Waals surface area contributed by atoms with Gasteiger partial charge in [0.2, 0.25) is 0 Å². The van der Waals surface area contributed by atoms with E-state index in [1.807, 2.05) is 18.2 Å². The Morgan fingerprint density at radius 1 is 1.00 bits per heavy atom. The van der Waals surface area contributed by atoms with Crippen molar-refractivity contribution < 1.29 is 13.0 Å². The SMILES string of the molecule is Nc1ccccc1-c1ccc2cc(S(=O)(=O)O)ccc2n1. The molecule has 1 heterocycles. The van der Waals surface area contributed by atoms with Crippen LogP contribution >= 0.6 is 0 Å². The number of rotatable bonds is 2. The highest BCUT2D eigenvalue weighted by Gasteiger charge is 2.11. The average Bonchev–Trinajstić information content (AvgIpc) is 2.46. The monoisotopic (exact) mass is 300 g/mol. The van der Waals surface area contributed by atoms with E-state index in [1.165, 1.54) is 12.1 Å². The Hall–Kier alpha value is -2.44. The molecule has 0 aliphatic carbocycles. The summed E-state index contributed by atoms with van der Waals surface area (Å²) in [5, 5.41) is 0.628. The fraction of sp³-hybridized carbons (Fsp3) is 0. The highest BCUT2D eigenvalue weighted by molar-refractivity contribution is 7.85. The van der Waals surface area contributed by atoms with Gasteiger partial charge in [0.1, 0.15) is 0 Å². The maximum atomic E-state index is 11.1. The maximum absolute atomic E-state index is 11.1. The largest absolute Gasteiger partial charge is 0.398 e. The van der Waals surface area contributed by atoms with E-state index in [1.54, 1.807) is 24.3 Å². The van der Waals surface area contributed by atoms with Gasteiger partial charge in [0, 0.05) is 16.6 Å². The standard InChI is InChI=1S/C15H12N2O3S/c16-13-4-2-1-3-12(13)15-7-5-10-9-11(21(18,19)20)6-8-14(10)17-15/h1-9H,16H2,(H,18,19,20). The predicted octanol–water partition coefficient (Wildman–Crippen LogP) is 2.73. The molecule has 3 aromatic rings. The Labute approximate surface area is 121 Å². The number of fused-ring (bicyclic) bond motifs is 1. The molecule has 3 N–H and O–H groups in total. The molecular formula is C15H12N2O3S. The molecule has 0 fully saturated rings. The van der Waals surface area contributed by atoms with Gasteiger partial charge in [-0.25, -0.2) is 4.98 Å². The van der Waals surface area contributed by atoms with E-state index in [0.717, 1.165) is 5.56 Å². The first kappa shape index (κ1) is 13.5. The number of nitrogen functional groups attached to an aromatic ring is 1. The molecule has 0 amide bonds. The van der Waals surface area contributed by atoms with Crippen LogP contribution in [0.4, 0.5) is 5.69 Å². The van der Waals surface area contributed by atoms with E-state index in [9.17, 15) is 8.42 Å². The van der Waals surface area contributed by atoms with Crippen LogP contribution in [0.1, 0.15) is 0 Å². The highest BCUT2D eigenvalue weighted by atomic mass is 32.2. The van der Waals surface area contributed by atoms with Crippen LogP contribution in [0.2, 0.25) is 0 Å². The number of para-hydroxylation sites is 1. The van der Waals surface area contributed by atoms with E-state index in [4.69, 9.17) is 10.3 Å². The molecule has 0 bridgehead atoms. The molecule has 0 aliphatic rings. The quantitative estimate of drug-likeness (QED) is 0.560. The molecule has 0 saturated carbocycles. The Morgan fingerprint density at radius 2 is 1.76 bits per heavy atom. The number of nitrogens with two attached hydrogens (primary N) is 1. The minimum Gasteiger partial charge on any atom is -0.398 e. The summed E-state index contributed by atoms with van der Waals surface area (Å²) in [6.07, 6.45) is 0. The van der Waals surface area contributed by atoms with E-state index in [2.05, 4.69) is 4.98 Å². The minimum atomic E-state index is -4.21. The van der Waals surface area contributed by atoms with Crippen molar-refractivity contribution in [1.82, 2.24) is 4.98 Å². The average molecular weight is 300 g/mol. The lowest BCUT2D eigenvalue weighted by atomic mass is 10.1. The van der Waals surface area contributed by atoms with Crippen molar-refractivity contribution in [2.24, 2.45) is 0 Å². The Bertz CT molecular complexity index is 937. The molecule has 0 saturated heterocycles. The third-order valence-electron chi connectivity index (χ3n) is 3.20. The van der Waals surface area contributed by atoms with Crippen LogP contribution in [-0.2, 0) is 10.1 Å². The van der Waals surface area contributed by atoms with Crippen LogP contribution in [0.5, 0.6) is 0 Å². The third-order valence-corrected chi connectivity index (χ3v) is 4.04. The van der Waals surface area contributed by atoms with Crippen LogP contribution in [0, 0.1) is 0 Å². The molecule has 1 aromatic heterocycles. The molecular weight excluding hydrogens is 288 g/mol. The summed E-state index contributed by atoms with van der Waals surface area (Å²) in [5.74, 6) is 0. The number of aromatic nitrogens is 1. The molecule has 0 unspecified atom stereocenters. The summed E-state index contributed by atoms with van der Waals surface area (Å²) in [4.78, 5) is 4.32. The van der Waals surface area contributed by atoms with Crippen molar-refractivity contribution >= 4 is 26.7 Å². The second-order valence-electron chi connectivity index (χ2n) is 4.61. The van der Waals surface area contributed by atoms with Crippen molar-refractivity contribution in [3.8, 4) is 11.3 Å². The smallest absolute Gasteiger partial charge is 0.294 e. The number of nitrogens with zero attached hydrogens (tertiary/aromatic N) is 1. The summed E-state index contributed by atoms with van der Waals surface area (Å²) < 4.78 is 31.3. The lowest BCUT2D eigenvalue weighted by Crippen LogP contribution is -1.98. The molecule has 0 atom stereocenters. The van der Waals surface area contributed by atoms with E-state index in [-0.39, 0.29) is 4.90 Å². The molecule has 106 valence electrons. The van der Waals surface area contributed by atoms with Gasteiger partial charge in [0.15, 0.2) is 0 Å². The molecule has 3 rings (SSSR count). The van der Waals surface area contributed by atoms with Gasteiger partial charge in [-0.3, -0.25) is 4.55 Å². The summed E-state index contributed by atoms with van der Waals surface area (Å²) in [5.41, 5.74) is 8.70. The fourth-order valence-corrected chi connectivity index (χ4v) is 2.66. The van der Waals surface area contributed by atoms with Crippen molar-refractivity contribution in [3.05, 3.63) is 54.6 Å². The van der Waals surface area contributed by atoms with Crippen molar-refractivity contribution in [2.75, 3.05) is 5.73 Å². The zero-order valence-corrected chi connectivity index (χ0v) is 11.7. The first-order chi connectivity index (χ1) is 9.95. The number of hydrogen-bond donors (Lipinski definition) is 2. The van der Waals surface area contributed by atoms with E-state index < -0.39 is 10.1 Å². The maximum Gasteiger partial charge on any atom is 0.294 e. The Balaban J connectivity index is 2.16. The second-order valence-corrected chi connectivity index (χ2v) is 6.03. The Kier molecular flexibility index (Phi) is 3.12. The van der Waals surface area contributed by atoms with Gasteiger partial charge in [0.25, 0.3) is 10.1 Å². The molecule has 0 aliphatic heterocycles. The predicted molar refractivity (Wildman–Crippen MR) is 81.4 cm³/mol. The van der Waals surface area contributed by atoms with Gasteiger partial charge in [0.05, 0.1) is 16.1 Å².